The first-order valence-corrected chi connectivity index (χ1v) is 12.4. The third kappa shape index (κ3) is 10.4. The summed E-state index contributed by atoms with van der Waals surface area (Å²) in [5.74, 6) is 0.450. The van der Waals surface area contributed by atoms with Gasteiger partial charge in [-0.05, 0) is 42.6 Å². The number of nitrogens with zero attached hydrogens (tertiary/aromatic N) is 4. The van der Waals surface area contributed by atoms with E-state index in [0.29, 0.717) is 68.6 Å². The van der Waals surface area contributed by atoms with Crippen LogP contribution in [0.3, 0.4) is 0 Å². The van der Waals surface area contributed by atoms with E-state index in [-0.39, 0.29) is 157 Å². The van der Waals surface area contributed by atoms with Gasteiger partial charge in [0.2, 0.25) is 5.91 Å². The molecule has 3 fully saturated rings. The summed E-state index contributed by atoms with van der Waals surface area (Å²) in [6.45, 7) is 4.47. The van der Waals surface area contributed by atoms with Crippen LogP contribution < -0.4 is 158 Å². The SMILES string of the molecule is O=C([O-])[O-].O=C1CCN(c2noc3ccc(CN4CCN(CC5CCOCC5)[C@@H](C(F)F)C4)cc23)C(=O)N1.[Cs+].[Cs+]. The van der Waals surface area contributed by atoms with E-state index < -0.39 is 24.7 Å². The molecule has 0 unspecified atom stereocenters. The molecule has 0 saturated carbocycles. The van der Waals surface area contributed by atoms with Crippen molar-refractivity contribution >= 4 is 34.9 Å². The Kier molecular flexibility index (Phi) is 16.5. The summed E-state index contributed by atoms with van der Waals surface area (Å²) in [7, 11) is 0. The van der Waals surface area contributed by atoms with Gasteiger partial charge in [-0.25, -0.2) is 13.6 Å². The Bertz CT molecular complexity index is 1150. The quantitative estimate of drug-likeness (QED) is 0.299. The average molecular weight is 803 g/mol. The Morgan fingerprint density at radius 3 is 2.48 bits per heavy atom. The number of anilines is 1. The summed E-state index contributed by atoms with van der Waals surface area (Å²) in [5.41, 5.74) is 1.45. The molecule has 2 aromatic rings. The number of halogens is 2. The molecule has 208 valence electrons. The largest absolute Gasteiger partial charge is 1.00 e. The van der Waals surface area contributed by atoms with Crippen molar-refractivity contribution in [3.05, 3.63) is 23.8 Å². The molecule has 0 spiro atoms. The van der Waals surface area contributed by atoms with Gasteiger partial charge in [-0.2, -0.15) is 0 Å². The number of rotatable bonds is 6. The van der Waals surface area contributed by atoms with Crippen LogP contribution in [-0.4, -0.2) is 91.5 Å². The number of nitrogens with one attached hydrogen (secondary N) is 1. The van der Waals surface area contributed by atoms with E-state index in [1.807, 2.05) is 17.0 Å². The third-order valence-corrected chi connectivity index (χ3v) is 6.97. The number of hydrogen-bond donors (Lipinski definition) is 1. The number of piperazine rings is 1. The zero-order valence-corrected chi connectivity index (χ0v) is 35.2. The van der Waals surface area contributed by atoms with E-state index in [0.717, 1.165) is 18.4 Å². The van der Waals surface area contributed by atoms with Crippen molar-refractivity contribution in [2.45, 2.75) is 38.3 Å². The number of fused-ring (bicyclic) bond motifs is 1. The molecule has 1 N–H and O–H groups in total. The van der Waals surface area contributed by atoms with Crippen molar-refractivity contribution in [3.63, 3.8) is 0 Å². The maximum atomic E-state index is 13.9. The summed E-state index contributed by atoms with van der Waals surface area (Å²) in [6, 6.07) is 4.23. The van der Waals surface area contributed by atoms with E-state index >= 15 is 0 Å². The number of aromatic nitrogens is 1. The first kappa shape index (κ1) is 36.9. The zero-order valence-electron chi connectivity index (χ0n) is 22.6. The number of carbonyl (C=O) groups is 3. The monoisotopic (exact) mass is 803 g/mol. The van der Waals surface area contributed by atoms with Crippen LogP contribution in [0.1, 0.15) is 24.8 Å². The fourth-order valence-electron chi connectivity index (χ4n) is 5.07. The van der Waals surface area contributed by atoms with Crippen molar-refractivity contribution in [1.82, 2.24) is 20.3 Å². The first-order valence-electron chi connectivity index (χ1n) is 12.4. The van der Waals surface area contributed by atoms with Crippen molar-refractivity contribution in [2.24, 2.45) is 5.92 Å². The minimum absolute atomic E-state index is 0. The number of hydrogen-bond acceptors (Lipinski definition) is 10. The van der Waals surface area contributed by atoms with Crippen LogP contribution in [0.2, 0.25) is 0 Å². The molecule has 16 heteroatoms. The molecule has 3 saturated heterocycles. The predicted octanol–water partition coefficient (Wildman–Crippen LogP) is -5.99. The molecule has 5 rings (SSSR count). The van der Waals surface area contributed by atoms with Gasteiger partial charge in [0.15, 0.2) is 11.4 Å². The summed E-state index contributed by atoms with van der Waals surface area (Å²) >= 11 is 0. The van der Waals surface area contributed by atoms with E-state index in [9.17, 15) is 18.4 Å². The van der Waals surface area contributed by atoms with Crippen LogP contribution in [0, 0.1) is 5.92 Å². The minimum atomic E-state index is -2.41. The number of ether oxygens (including phenoxy) is 1. The summed E-state index contributed by atoms with van der Waals surface area (Å²) < 4.78 is 38.7. The normalized spacial score (nSPS) is 20.8. The maximum absolute atomic E-state index is 13.9. The number of imide groups is 1. The predicted molar refractivity (Wildman–Crippen MR) is 125 cm³/mol. The number of urea groups is 1. The molecule has 1 aromatic heterocycles. The van der Waals surface area contributed by atoms with Gasteiger partial charge in [-0.1, -0.05) is 11.2 Å². The number of carboxylic acid groups (broad SMARTS) is 2. The molecular formula is C24H29Cs2F2N5O7. The van der Waals surface area contributed by atoms with E-state index in [1.54, 1.807) is 6.07 Å². The van der Waals surface area contributed by atoms with Crippen LogP contribution in [0.5, 0.6) is 0 Å². The Balaban J connectivity index is 0.000000877. The molecule has 4 heterocycles. The number of amides is 3. The van der Waals surface area contributed by atoms with Crippen molar-refractivity contribution in [1.29, 1.82) is 0 Å². The summed E-state index contributed by atoms with van der Waals surface area (Å²) in [4.78, 5) is 37.4. The van der Waals surface area contributed by atoms with Gasteiger partial charge in [0, 0.05) is 58.9 Å². The van der Waals surface area contributed by atoms with Crippen molar-refractivity contribution in [2.75, 3.05) is 50.8 Å². The molecule has 40 heavy (non-hydrogen) atoms. The molecule has 1 atom stereocenters. The molecular weight excluding hydrogens is 774 g/mol. The zero-order chi connectivity index (χ0) is 27.2. The minimum Gasteiger partial charge on any atom is -0.652 e. The summed E-state index contributed by atoms with van der Waals surface area (Å²) in [5, 5.41) is 23.6. The molecule has 12 nitrogen and oxygen atoms in total. The molecule has 3 amide bonds. The molecule has 3 aliphatic heterocycles. The molecule has 0 bridgehead atoms. The molecule has 3 aliphatic rings. The molecule has 0 aliphatic carbocycles. The van der Waals surface area contributed by atoms with Gasteiger partial charge in [0.25, 0.3) is 6.43 Å². The average Bonchev–Trinajstić information content (AvgIpc) is 3.28. The second-order valence-corrected chi connectivity index (χ2v) is 9.53. The Hall–Kier alpha value is 0.744. The first-order chi connectivity index (χ1) is 18.2. The van der Waals surface area contributed by atoms with Crippen LogP contribution in [-0.2, 0) is 16.1 Å². The van der Waals surface area contributed by atoms with E-state index in [4.69, 9.17) is 24.3 Å². The van der Waals surface area contributed by atoms with Crippen LogP contribution in [0.25, 0.3) is 11.0 Å². The fourth-order valence-corrected chi connectivity index (χ4v) is 5.07. The maximum Gasteiger partial charge on any atom is 1.00 e. The third-order valence-electron chi connectivity index (χ3n) is 6.97. The van der Waals surface area contributed by atoms with Gasteiger partial charge in [0.05, 0.1) is 11.4 Å². The van der Waals surface area contributed by atoms with Crippen LogP contribution in [0.15, 0.2) is 22.7 Å². The van der Waals surface area contributed by atoms with Gasteiger partial charge in [-0.3, -0.25) is 24.8 Å². The summed E-state index contributed by atoms with van der Waals surface area (Å²) in [6.07, 6.45) is -2.69. The molecule has 1 aromatic carbocycles. The van der Waals surface area contributed by atoms with Gasteiger partial charge in [-0.15, -0.1) is 0 Å². The second-order valence-electron chi connectivity index (χ2n) is 9.53. The molecule has 0 radical (unpaired) electrons. The number of carbonyl (C=O) groups excluding carboxylic acids is 3. The number of benzene rings is 1. The van der Waals surface area contributed by atoms with Crippen molar-refractivity contribution < 1.29 is 180 Å². The van der Waals surface area contributed by atoms with Crippen LogP contribution in [0.4, 0.5) is 24.2 Å². The van der Waals surface area contributed by atoms with E-state index in [1.165, 1.54) is 4.90 Å². The van der Waals surface area contributed by atoms with E-state index in [2.05, 4.69) is 15.4 Å². The Morgan fingerprint density at radius 2 is 1.82 bits per heavy atom. The van der Waals surface area contributed by atoms with Gasteiger partial charge < -0.3 is 24.3 Å². The van der Waals surface area contributed by atoms with Crippen molar-refractivity contribution in [3.8, 4) is 0 Å². The Morgan fingerprint density at radius 1 is 1.12 bits per heavy atom. The fraction of sp³-hybridized carbons (Fsp3) is 0.583. The Labute approximate surface area is 347 Å². The topological polar surface area (TPSA) is 154 Å². The van der Waals surface area contributed by atoms with Gasteiger partial charge in [0.1, 0.15) is 0 Å². The number of alkyl halides is 2. The smallest absolute Gasteiger partial charge is 0.652 e. The van der Waals surface area contributed by atoms with Crippen LogP contribution >= 0.6 is 0 Å². The standard InChI is InChI=1S/C23H29F2N5O4.CH2O3.2Cs/c24-21(25)18-14-28(7-8-29(18)13-15-4-9-33-10-5-15)12-16-1-2-19-17(11-16)22(27-34-19)30-6-3-20(31)26-23(30)32;2-1(3)4;;/h1-2,11,15,18,21H,3-10,12-14H2,(H,26,31,32);(H2,2,3,4);;/q;;2*+1/p-2/t18-;;;/m1.../s1. The second kappa shape index (κ2) is 17.9. The van der Waals surface area contributed by atoms with Gasteiger partial charge >= 0.3 is 144 Å².